The number of rotatable bonds is 6. The van der Waals surface area contributed by atoms with Crippen LogP contribution in [0.4, 0.5) is 0 Å². The van der Waals surface area contributed by atoms with Crippen molar-refractivity contribution in [3.05, 3.63) is 0 Å². The van der Waals surface area contributed by atoms with Crippen molar-refractivity contribution in [1.82, 2.24) is 0 Å². The van der Waals surface area contributed by atoms with Gasteiger partial charge in [0.05, 0.1) is 6.61 Å². The van der Waals surface area contributed by atoms with Crippen molar-refractivity contribution in [3.8, 4) is 0 Å². The van der Waals surface area contributed by atoms with Gasteiger partial charge in [-0.15, -0.1) is 0 Å². The minimum atomic E-state index is 0.264. The SMILES string of the molecule is CCCOCC(N)C1CCC(C(C)C)CC1. The van der Waals surface area contributed by atoms with Crippen molar-refractivity contribution in [2.75, 3.05) is 13.2 Å². The molecule has 1 atom stereocenters. The molecular formula is C14H29NO. The largest absolute Gasteiger partial charge is 0.380 e. The third-order valence-electron chi connectivity index (χ3n) is 4.02. The molecule has 0 heterocycles. The molecule has 2 N–H and O–H groups in total. The third kappa shape index (κ3) is 4.42. The van der Waals surface area contributed by atoms with Crippen molar-refractivity contribution in [3.63, 3.8) is 0 Å². The zero-order chi connectivity index (χ0) is 12.0. The maximum absolute atomic E-state index is 6.19. The molecule has 0 bridgehead atoms. The van der Waals surface area contributed by atoms with Crippen molar-refractivity contribution in [2.24, 2.45) is 23.5 Å². The van der Waals surface area contributed by atoms with Crippen LogP contribution >= 0.6 is 0 Å². The van der Waals surface area contributed by atoms with Gasteiger partial charge in [0.1, 0.15) is 0 Å². The van der Waals surface area contributed by atoms with E-state index in [2.05, 4.69) is 20.8 Å². The highest BCUT2D eigenvalue weighted by Gasteiger charge is 2.26. The zero-order valence-electron chi connectivity index (χ0n) is 11.2. The first-order valence-corrected chi connectivity index (χ1v) is 6.98. The predicted octanol–water partition coefficient (Wildman–Crippen LogP) is 3.20. The Morgan fingerprint density at radius 1 is 1.12 bits per heavy atom. The normalized spacial score (nSPS) is 28.3. The molecule has 0 aromatic rings. The van der Waals surface area contributed by atoms with Gasteiger partial charge in [0.25, 0.3) is 0 Å². The molecule has 1 aliphatic carbocycles. The van der Waals surface area contributed by atoms with E-state index in [0.717, 1.165) is 31.5 Å². The first kappa shape index (κ1) is 14.0. The lowest BCUT2D eigenvalue weighted by Crippen LogP contribution is -2.37. The summed E-state index contributed by atoms with van der Waals surface area (Å²) in [4.78, 5) is 0. The van der Waals surface area contributed by atoms with Gasteiger partial charge >= 0.3 is 0 Å². The van der Waals surface area contributed by atoms with Crippen LogP contribution in [0.3, 0.4) is 0 Å². The van der Waals surface area contributed by atoms with Crippen LogP contribution in [0.1, 0.15) is 52.9 Å². The Bertz CT molecular complexity index is 174. The fraction of sp³-hybridized carbons (Fsp3) is 1.00. The summed E-state index contributed by atoms with van der Waals surface area (Å²) in [5, 5.41) is 0. The van der Waals surface area contributed by atoms with Crippen molar-refractivity contribution >= 4 is 0 Å². The fourth-order valence-electron chi connectivity index (χ4n) is 2.74. The molecule has 0 saturated heterocycles. The average molecular weight is 227 g/mol. The molecule has 0 radical (unpaired) electrons. The molecule has 0 amide bonds. The Morgan fingerprint density at radius 3 is 2.19 bits per heavy atom. The molecule has 2 nitrogen and oxygen atoms in total. The lowest BCUT2D eigenvalue weighted by Gasteiger charge is -2.33. The van der Waals surface area contributed by atoms with E-state index in [1.54, 1.807) is 0 Å². The molecule has 1 fully saturated rings. The summed E-state index contributed by atoms with van der Waals surface area (Å²) in [6, 6.07) is 0.264. The molecule has 2 heteroatoms. The molecular weight excluding hydrogens is 198 g/mol. The van der Waals surface area contributed by atoms with Crippen molar-refractivity contribution in [2.45, 2.75) is 58.9 Å². The number of ether oxygens (including phenoxy) is 1. The number of hydrogen-bond donors (Lipinski definition) is 1. The van der Waals surface area contributed by atoms with Crippen LogP contribution in [0.2, 0.25) is 0 Å². The van der Waals surface area contributed by atoms with Crippen LogP contribution in [0.5, 0.6) is 0 Å². The second-order valence-electron chi connectivity index (χ2n) is 5.66. The standard InChI is InChI=1S/C14H29NO/c1-4-9-16-10-14(15)13-7-5-12(6-8-13)11(2)3/h11-14H,4-10,15H2,1-3H3. The van der Waals surface area contributed by atoms with Crippen molar-refractivity contribution in [1.29, 1.82) is 0 Å². The van der Waals surface area contributed by atoms with Gasteiger partial charge in [-0.1, -0.05) is 20.8 Å². The molecule has 0 spiro atoms. The Labute approximate surface area is 101 Å². The molecule has 1 saturated carbocycles. The first-order valence-electron chi connectivity index (χ1n) is 6.98. The summed E-state index contributed by atoms with van der Waals surface area (Å²) < 4.78 is 5.55. The Hall–Kier alpha value is -0.0800. The van der Waals surface area contributed by atoms with Gasteiger partial charge in [0, 0.05) is 12.6 Å². The van der Waals surface area contributed by atoms with E-state index in [0.29, 0.717) is 5.92 Å². The van der Waals surface area contributed by atoms with Crippen LogP contribution in [0, 0.1) is 17.8 Å². The lowest BCUT2D eigenvalue weighted by molar-refractivity contribution is 0.0901. The Kier molecular flexibility index (Phi) is 6.37. The van der Waals surface area contributed by atoms with Crippen molar-refractivity contribution < 1.29 is 4.74 Å². The summed E-state index contributed by atoms with van der Waals surface area (Å²) in [6.45, 7) is 8.43. The Morgan fingerprint density at radius 2 is 1.69 bits per heavy atom. The highest BCUT2D eigenvalue weighted by atomic mass is 16.5. The zero-order valence-corrected chi connectivity index (χ0v) is 11.2. The highest BCUT2D eigenvalue weighted by Crippen LogP contribution is 2.34. The van der Waals surface area contributed by atoms with E-state index in [1.165, 1.54) is 25.7 Å². The third-order valence-corrected chi connectivity index (χ3v) is 4.02. The monoisotopic (exact) mass is 227 g/mol. The summed E-state index contributed by atoms with van der Waals surface area (Å²) in [5.74, 6) is 2.47. The van der Waals surface area contributed by atoms with Crippen LogP contribution in [0.25, 0.3) is 0 Å². The van der Waals surface area contributed by atoms with E-state index in [9.17, 15) is 0 Å². The first-order chi connectivity index (χ1) is 7.65. The van der Waals surface area contributed by atoms with E-state index >= 15 is 0 Å². The number of nitrogens with two attached hydrogens (primary N) is 1. The summed E-state index contributed by atoms with van der Waals surface area (Å²) >= 11 is 0. The smallest absolute Gasteiger partial charge is 0.0620 e. The quantitative estimate of drug-likeness (QED) is 0.707. The second-order valence-corrected chi connectivity index (χ2v) is 5.66. The van der Waals surface area contributed by atoms with Crippen LogP contribution in [-0.4, -0.2) is 19.3 Å². The van der Waals surface area contributed by atoms with Gasteiger partial charge in [-0.3, -0.25) is 0 Å². The van der Waals surface area contributed by atoms with Crippen LogP contribution in [0.15, 0.2) is 0 Å². The maximum atomic E-state index is 6.19. The summed E-state index contributed by atoms with van der Waals surface area (Å²) in [7, 11) is 0. The molecule has 1 aliphatic rings. The summed E-state index contributed by atoms with van der Waals surface area (Å²) in [5.41, 5.74) is 6.19. The molecule has 1 rings (SSSR count). The van der Waals surface area contributed by atoms with Crippen LogP contribution in [-0.2, 0) is 4.74 Å². The minimum absolute atomic E-state index is 0.264. The predicted molar refractivity (Wildman–Crippen MR) is 69.4 cm³/mol. The molecule has 0 aliphatic heterocycles. The van der Waals surface area contributed by atoms with Crippen LogP contribution < -0.4 is 5.73 Å². The van der Waals surface area contributed by atoms with Gasteiger partial charge in [-0.05, 0) is 49.9 Å². The molecule has 1 unspecified atom stereocenters. The lowest BCUT2D eigenvalue weighted by atomic mass is 9.75. The van der Waals surface area contributed by atoms with Gasteiger partial charge in [-0.2, -0.15) is 0 Å². The van der Waals surface area contributed by atoms with E-state index in [1.807, 2.05) is 0 Å². The van der Waals surface area contributed by atoms with Gasteiger partial charge in [0.2, 0.25) is 0 Å². The van der Waals surface area contributed by atoms with Gasteiger partial charge < -0.3 is 10.5 Å². The molecule has 96 valence electrons. The Balaban J connectivity index is 2.19. The molecule has 0 aromatic carbocycles. The van der Waals surface area contributed by atoms with E-state index < -0.39 is 0 Å². The van der Waals surface area contributed by atoms with Gasteiger partial charge in [0.15, 0.2) is 0 Å². The fourth-order valence-corrected chi connectivity index (χ4v) is 2.74. The second kappa shape index (κ2) is 7.29. The van der Waals surface area contributed by atoms with E-state index in [-0.39, 0.29) is 6.04 Å². The highest BCUT2D eigenvalue weighted by molar-refractivity contribution is 4.80. The van der Waals surface area contributed by atoms with Gasteiger partial charge in [-0.25, -0.2) is 0 Å². The average Bonchev–Trinajstić information content (AvgIpc) is 2.29. The molecule has 16 heavy (non-hydrogen) atoms. The maximum Gasteiger partial charge on any atom is 0.0620 e. The summed E-state index contributed by atoms with van der Waals surface area (Å²) in [6.07, 6.45) is 6.43. The number of hydrogen-bond acceptors (Lipinski definition) is 2. The topological polar surface area (TPSA) is 35.2 Å². The molecule has 0 aromatic heterocycles. The minimum Gasteiger partial charge on any atom is -0.380 e. The van der Waals surface area contributed by atoms with E-state index in [4.69, 9.17) is 10.5 Å².